The van der Waals surface area contributed by atoms with E-state index in [1.807, 2.05) is 13.8 Å². The van der Waals surface area contributed by atoms with Crippen LogP contribution in [-0.4, -0.2) is 68.6 Å². The number of nitrogens with zero attached hydrogens (tertiary/aromatic N) is 2. The average molecular weight is 440 g/mol. The topological polar surface area (TPSA) is 118 Å². The van der Waals surface area contributed by atoms with E-state index >= 15 is 0 Å². The summed E-state index contributed by atoms with van der Waals surface area (Å²) in [6.45, 7) is 8.87. The molecule has 0 aliphatic carbocycles. The van der Waals surface area contributed by atoms with Crippen molar-refractivity contribution in [3.8, 4) is 5.75 Å². The maximum absolute atomic E-state index is 13.1. The second kappa shape index (κ2) is 8.07. The Hall–Kier alpha value is -2.33. The zero-order chi connectivity index (χ0) is 22.3. The van der Waals surface area contributed by atoms with E-state index in [4.69, 9.17) is 9.47 Å². The normalized spacial score (nSPS) is 23.6. The Morgan fingerprint density at radius 1 is 1.37 bits per heavy atom. The standard InChI is InChI=1S/C20H29N3O6S/c1-12-8-14(28-5)9-13(2)17(12)30(26,27)10-16-22-23(18(29-16)19(24)25)15-6-7-21-11-20(15,3)4/h8-9,15,18,21H,6-7,10-11H2,1-5H3,(H,24,25). The minimum atomic E-state index is -3.81. The Kier molecular flexibility index (Phi) is 6.01. The molecular weight excluding hydrogens is 410 g/mol. The van der Waals surface area contributed by atoms with Gasteiger partial charge in [-0.15, -0.1) is 5.10 Å². The quantitative estimate of drug-likeness (QED) is 0.685. The smallest absolute Gasteiger partial charge is 0.368 e. The number of hydrogen-bond acceptors (Lipinski definition) is 8. The average Bonchev–Trinajstić information content (AvgIpc) is 3.03. The predicted octanol–water partition coefficient (Wildman–Crippen LogP) is 1.53. The number of aliphatic carboxylic acids is 1. The summed E-state index contributed by atoms with van der Waals surface area (Å²) in [6.07, 6.45) is -0.656. The van der Waals surface area contributed by atoms with Crippen LogP contribution in [0.3, 0.4) is 0 Å². The number of benzene rings is 1. The van der Waals surface area contributed by atoms with Gasteiger partial charge in [0.05, 0.1) is 18.0 Å². The third-order valence-corrected chi connectivity index (χ3v) is 7.51. The molecule has 1 saturated heterocycles. The third-order valence-electron chi connectivity index (χ3n) is 5.62. The van der Waals surface area contributed by atoms with Gasteiger partial charge in [-0.25, -0.2) is 18.2 Å². The molecule has 0 aromatic heterocycles. The Bertz CT molecular complexity index is 950. The van der Waals surface area contributed by atoms with Crippen LogP contribution in [0.5, 0.6) is 5.75 Å². The van der Waals surface area contributed by atoms with E-state index in [2.05, 4.69) is 10.4 Å². The van der Waals surface area contributed by atoms with E-state index in [1.54, 1.807) is 26.0 Å². The van der Waals surface area contributed by atoms with Crippen molar-refractivity contribution < 1.29 is 27.8 Å². The molecule has 2 aliphatic rings. The maximum Gasteiger partial charge on any atom is 0.368 e. The molecule has 1 aromatic carbocycles. The van der Waals surface area contributed by atoms with Crippen LogP contribution in [0, 0.1) is 19.3 Å². The molecule has 0 saturated carbocycles. The van der Waals surface area contributed by atoms with Crippen molar-refractivity contribution in [2.75, 3.05) is 26.0 Å². The summed E-state index contributed by atoms with van der Waals surface area (Å²) in [5.74, 6) is -1.24. The number of ether oxygens (including phenoxy) is 2. The zero-order valence-corrected chi connectivity index (χ0v) is 18.7. The van der Waals surface area contributed by atoms with Crippen LogP contribution < -0.4 is 10.1 Å². The molecule has 2 atom stereocenters. The van der Waals surface area contributed by atoms with Gasteiger partial charge >= 0.3 is 5.97 Å². The van der Waals surface area contributed by atoms with Crippen molar-refractivity contribution in [3.63, 3.8) is 0 Å². The third kappa shape index (κ3) is 4.24. The summed E-state index contributed by atoms with van der Waals surface area (Å²) in [4.78, 5) is 12.0. The van der Waals surface area contributed by atoms with Gasteiger partial charge < -0.3 is 19.9 Å². The fourth-order valence-corrected chi connectivity index (χ4v) is 5.94. The number of carbonyl (C=O) groups is 1. The first kappa shape index (κ1) is 22.4. The lowest BCUT2D eigenvalue weighted by Gasteiger charge is -2.43. The van der Waals surface area contributed by atoms with Crippen LogP contribution in [0.4, 0.5) is 0 Å². The number of piperidine rings is 1. The second-order valence-electron chi connectivity index (χ2n) is 8.50. The summed E-state index contributed by atoms with van der Waals surface area (Å²) >= 11 is 0. The summed E-state index contributed by atoms with van der Waals surface area (Å²) in [5.41, 5.74) is 0.851. The summed E-state index contributed by atoms with van der Waals surface area (Å²) in [5, 5.41) is 18.7. The van der Waals surface area contributed by atoms with Crippen molar-refractivity contribution >= 4 is 21.7 Å². The molecule has 1 fully saturated rings. The molecule has 1 aromatic rings. The highest BCUT2D eigenvalue weighted by Gasteiger charge is 2.46. The molecule has 2 N–H and O–H groups in total. The molecule has 0 radical (unpaired) electrons. The molecule has 9 nitrogen and oxygen atoms in total. The monoisotopic (exact) mass is 439 g/mol. The number of rotatable bonds is 6. The van der Waals surface area contributed by atoms with E-state index in [1.165, 1.54) is 12.1 Å². The Labute approximate surface area is 177 Å². The molecule has 30 heavy (non-hydrogen) atoms. The van der Waals surface area contributed by atoms with Gasteiger partial charge in [-0.2, -0.15) is 0 Å². The minimum absolute atomic E-state index is 0.105. The molecule has 2 heterocycles. The molecule has 166 valence electrons. The van der Waals surface area contributed by atoms with Gasteiger partial charge in [-0.3, -0.25) is 0 Å². The maximum atomic E-state index is 13.1. The van der Waals surface area contributed by atoms with Gasteiger partial charge in [0.2, 0.25) is 5.90 Å². The van der Waals surface area contributed by atoms with Crippen LogP contribution in [0.1, 0.15) is 31.4 Å². The highest BCUT2D eigenvalue weighted by atomic mass is 32.2. The highest BCUT2D eigenvalue weighted by molar-refractivity contribution is 7.92. The number of carboxylic acids is 1. The molecule has 2 unspecified atom stereocenters. The second-order valence-corrected chi connectivity index (χ2v) is 10.4. The fraction of sp³-hybridized carbons (Fsp3) is 0.600. The number of aryl methyl sites for hydroxylation is 2. The number of hydrogen-bond donors (Lipinski definition) is 2. The van der Waals surface area contributed by atoms with Gasteiger partial charge in [-0.05, 0) is 55.5 Å². The highest BCUT2D eigenvalue weighted by Crippen LogP contribution is 2.34. The minimum Gasteiger partial charge on any atom is -0.497 e. The van der Waals surface area contributed by atoms with E-state index in [0.29, 0.717) is 29.8 Å². The SMILES string of the molecule is COc1cc(C)c(S(=O)(=O)CC2=NN(C3CCNCC3(C)C)C(C(=O)O)O2)c(C)c1. The van der Waals surface area contributed by atoms with Crippen LogP contribution in [-0.2, 0) is 19.4 Å². The van der Waals surface area contributed by atoms with Crippen molar-refractivity contribution in [1.82, 2.24) is 10.3 Å². The van der Waals surface area contributed by atoms with Gasteiger partial charge in [0, 0.05) is 6.54 Å². The fourth-order valence-electron chi connectivity index (χ4n) is 4.25. The van der Waals surface area contributed by atoms with Crippen LogP contribution in [0.25, 0.3) is 0 Å². The molecule has 2 aliphatic heterocycles. The molecular formula is C20H29N3O6S. The van der Waals surface area contributed by atoms with Gasteiger partial charge in [-0.1, -0.05) is 13.8 Å². The number of hydrazone groups is 1. The molecule has 0 bridgehead atoms. The predicted molar refractivity (Wildman–Crippen MR) is 111 cm³/mol. The largest absolute Gasteiger partial charge is 0.497 e. The van der Waals surface area contributed by atoms with E-state index in [-0.39, 0.29) is 22.3 Å². The number of methoxy groups -OCH3 is 1. The van der Waals surface area contributed by atoms with Gasteiger partial charge in [0.15, 0.2) is 9.84 Å². The molecule has 0 spiro atoms. The summed E-state index contributed by atoms with van der Waals surface area (Å²) < 4.78 is 37.0. The van der Waals surface area contributed by atoms with E-state index < -0.39 is 27.8 Å². The summed E-state index contributed by atoms with van der Waals surface area (Å²) in [6, 6.07) is 3.12. The first-order valence-electron chi connectivity index (χ1n) is 9.80. The lowest BCUT2D eigenvalue weighted by atomic mass is 9.79. The number of carboxylic acid groups (broad SMARTS) is 1. The molecule has 0 amide bonds. The van der Waals surface area contributed by atoms with Crippen LogP contribution in [0.15, 0.2) is 22.1 Å². The summed E-state index contributed by atoms with van der Waals surface area (Å²) in [7, 11) is -2.29. The van der Waals surface area contributed by atoms with Crippen molar-refractivity contribution in [1.29, 1.82) is 0 Å². The van der Waals surface area contributed by atoms with E-state index in [9.17, 15) is 18.3 Å². The van der Waals surface area contributed by atoms with E-state index in [0.717, 1.165) is 6.54 Å². The van der Waals surface area contributed by atoms with Crippen molar-refractivity contribution in [2.45, 2.75) is 51.3 Å². The van der Waals surface area contributed by atoms with Gasteiger partial charge in [0.1, 0.15) is 11.5 Å². The lowest BCUT2D eigenvalue weighted by molar-refractivity contribution is -0.157. The van der Waals surface area contributed by atoms with Crippen LogP contribution >= 0.6 is 0 Å². The number of nitrogens with one attached hydrogen (secondary N) is 1. The van der Waals surface area contributed by atoms with Gasteiger partial charge in [0.25, 0.3) is 6.23 Å². The zero-order valence-electron chi connectivity index (χ0n) is 17.9. The molecule has 10 heteroatoms. The Morgan fingerprint density at radius 2 is 2.00 bits per heavy atom. The molecule has 3 rings (SSSR count). The Balaban J connectivity index is 1.92. The lowest BCUT2D eigenvalue weighted by Crippen LogP contribution is -2.56. The van der Waals surface area contributed by atoms with Crippen molar-refractivity contribution in [2.24, 2.45) is 10.5 Å². The first-order chi connectivity index (χ1) is 14.0. The van der Waals surface area contributed by atoms with Crippen molar-refractivity contribution in [3.05, 3.63) is 23.3 Å². The Morgan fingerprint density at radius 3 is 2.53 bits per heavy atom. The first-order valence-corrected chi connectivity index (χ1v) is 11.5. The van der Waals surface area contributed by atoms with Crippen LogP contribution in [0.2, 0.25) is 0 Å². The number of sulfone groups is 1.